The lowest BCUT2D eigenvalue weighted by atomic mass is 10.2. The SMILES string of the molecule is Nc1ccccc1S(=O)(=O)N1CCCCCC1=O. The van der Waals surface area contributed by atoms with Crippen LogP contribution in [-0.2, 0) is 14.8 Å². The van der Waals surface area contributed by atoms with E-state index < -0.39 is 10.0 Å². The lowest BCUT2D eigenvalue weighted by molar-refractivity contribution is -0.126. The fourth-order valence-corrected chi connectivity index (χ4v) is 3.63. The summed E-state index contributed by atoms with van der Waals surface area (Å²) in [7, 11) is -3.81. The zero-order valence-electron chi connectivity index (χ0n) is 10.0. The predicted molar refractivity (Wildman–Crippen MR) is 68.2 cm³/mol. The zero-order valence-corrected chi connectivity index (χ0v) is 10.8. The molecule has 1 amide bonds. The summed E-state index contributed by atoms with van der Waals surface area (Å²) >= 11 is 0. The first kappa shape index (κ1) is 12.9. The fourth-order valence-electron chi connectivity index (χ4n) is 2.05. The maximum absolute atomic E-state index is 12.4. The first-order valence-corrected chi connectivity index (χ1v) is 7.37. The molecule has 1 aliphatic rings. The summed E-state index contributed by atoms with van der Waals surface area (Å²) in [5, 5.41) is 0. The third-order valence-corrected chi connectivity index (χ3v) is 4.91. The summed E-state index contributed by atoms with van der Waals surface area (Å²) in [5.41, 5.74) is 5.86. The number of benzene rings is 1. The highest BCUT2D eigenvalue weighted by Crippen LogP contribution is 2.24. The van der Waals surface area contributed by atoms with Crippen LogP contribution in [-0.4, -0.2) is 25.2 Å². The van der Waals surface area contributed by atoms with Gasteiger partial charge in [-0.15, -0.1) is 0 Å². The largest absolute Gasteiger partial charge is 0.398 e. The third-order valence-electron chi connectivity index (χ3n) is 3.02. The molecule has 18 heavy (non-hydrogen) atoms. The molecule has 1 aromatic rings. The molecular weight excluding hydrogens is 252 g/mol. The van der Waals surface area contributed by atoms with Crippen LogP contribution in [0, 0.1) is 0 Å². The maximum atomic E-state index is 12.4. The van der Waals surface area contributed by atoms with Crippen molar-refractivity contribution in [2.45, 2.75) is 30.6 Å². The molecule has 6 heteroatoms. The van der Waals surface area contributed by atoms with Gasteiger partial charge in [0.25, 0.3) is 10.0 Å². The van der Waals surface area contributed by atoms with Crippen LogP contribution in [0.4, 0.5) is 5.69 Å². The number of hydrogen-bond donors (Lipinski definition) is 1. The molecule has 0 spiro atoms. The van der Waals surface area contributed by atoms with Crippen molar-refractivity contribution < 1.29 is 13.2 Å². The summed E-state index contributed by atoms with van der Waals surface area (Å²) in [6, 6.07) is 6.22. The minimum atomic E-state index is -3.81. The zero-order chi connectivity index (χ0) is 13.2. The molecule has 1 aliphatic heterocycles. The first-order chi connectivity index (χ1) is 8.53. The molecule has 0 aromatic heterocycles. The van der Waals surface area contributed by atoms with Crippen LogP contribution < -0.4 is 5.73 Å². The van der Waals surface area contributed by atoms with E-state index in [9.17, 15) is 13.2 Å². The number of carbonyl (C=O) groups excluding carboxylic acids is 1. The van der Waals surface area contributed by atoms with E-state index in [1.165, 1.54) is 12.1 Å². The summed E-state index contributed by atoms with van der Waals surface area (Å²) in [6.45, 7) is 0.246. The summed E-state index contributed by atoms with van der Waals surface area (Å²) in [5.74, 6) is -0.337. The fraction of sp³-hybridized carbons (Fsp3) is 0.417. The highest BCUT2D eigenvalue weighted by atomic mass is 32.2. The normalized spacial score (nSPS) is 17.6. The molecule has 0 saturated carbocycles. The van der Waals surface area contributed by atoms with Gasteiger partial charge in [-0.3, -0.25) is 4.79 Å². The third kappa shape index (κ3) is 2.33. The van der Waals surface area contributed by atoms with E-state index in [0.717, 1.165) is 17.1 Å². The Morgan fingerprint density at radius 2 is 1.83 bits per heavy atom. The summed E-state index contributed by atoms with van der Waals surface area (Å²) in [4.78, 5) is 11.9. The number of anilines is 1. The van der Waals surface area contributed by atoms with Crippen molar-refractivity contribution in [1.29, 1.82) is 0 Å². The molecule has 0 bridgehead atoms. The Kier molecular flexibility index (Phi) is 3.56. The monoisotopic (exact) mass is 268 g/mol. The van der Waals surface area contributed by atoms with Gasteiger partial charge in [0.1, 0.15) is 4.90 Å². The number of rotatable bonds is 2. The van der Waals surface area contributed by atoms with Crippen LogP contribution in [0.5, 0.6) is 0 Å². The van der Waals surface area contributed by atoms with Crippen LogP contribution in [0.15, 0.2) is 29.2 Å². The van der Waals surface area contributed by atoms with E-state index >= 15 is 0 Å². The topological polar surface area (TPSA) is 80.5 Å². The van der Waals surface area contributed by atoms with Crippen molar-refractivity contribution in [3.05, 3.63) is 24.3 Å². The average molecular weight is 268 g/mol. The molecule has 2 N–H and O–H groups in total. The molecule has 1 heterocycles. The Morgan fingerprint density at radius 3 is 2.56 bits per heavy atom. The predicted octanol–water partition coefficient (Wildman–Crippen LogP) is 1.36. The van der Waals surface area contributed by atoms with Gasteiger partial charge in [-0.05, 0) is 25.0 Å². The molecule has 0 unspecified atom stereocenters. The number of amides is 1. The Labute approximate surface area is 107 Å². The molecule has 1 saturated heterocycles. The Bertz CT molecular complexity index is 554. The van der Waals surface area contributed by atoms with Crippen molar-refractivity contribution >= 4 is 21.6 Å². The Hall–Kier alpha value is -1.56. The van der Waals surface area contributed by atoms with Gasteiger partial charge >= 0.3 is 0 Å². The minimum Gasteiger partial charge on any atom is -0.398 e. The number of nitrogens with two attached hydrogens (primary N) is 1. The van der Waals surface area contributed by atoms with E-state index in [2.05, 4.69) is 0 Å². The van der Waals surface area contributed by atoms with Gasteiger partial charge in [0.05, 0.1) is 5.69 Å². The Morgan fingerprint density at radius 1 is 1.11 bits per heavy atom. The highest BCUT2D eigenvalue weighted by molar-refractivity contribution is 7.89. The van der Waals surface area contributed by atoms with Crippen LogP contribution in [0.25, 0.3) is 0 Å². The molecule has 2 rings (SSSR count). The number of hydrogen-bond acceptors (Lipinski definition) is 4. The van der Waals surface area contributed by atoms with Crippen molar-refractivity contribution in [2.75, 3.05) is 12.3 Å². The smallest absolute Gasteiger partial charge is 0.268 e. The van der Waals surface area contributed by atoms with Gasteiger partial charge in [0.2, 0.25) is 5.91 Å². The average Bonchev–Trinajstić information content (AvgIpc) is 2.54. The van der Waals surface area contributed by atoms with Gasteiger partial charge in [-0.2, -0.15) is 0 Å². The van der Waals surface area contributed by atoms with E-state index in [-0.39, 0.29) is 29.5 Å². The molecule has 1 aromatic carbocycles. The summed E-state index contributed by atoms with van der Waals surface area (Å²) in [6.07, 6.45) is 2.61. The van der Waals surface area contributed by atoms with Crippen molar-refractivity contribution in [3.8, 4) is 0 Å². The van der Waals surface area contributed by atoms with Crippen LogP contribution in [0.2, 0.25) is 0 Å². The number of sulfonamides is 1. The van der Waals surface area contributed by atoms with Gasteiger partial charge in [-0.25, -0.2) is 12.7 Å². The lowest BCUT2D eigenvalue weighted by Gasteiger charge is -2.21. The molecule has 0 radical (unpaired) electrons. The van der Waals surface area contributed by atoms with Crippen LogP contribution in [0.3, 0.4) is 0 Å². The van der Waals surface area contributed by atoms with Crippen LogP contribution >= 0.6 is 0 Å². The number of para-hydroxylation sites is 1. The highest BCUT2D eigenvalue weighted by Gasteiger charge is 2.31. The molecule has 0 atom stereocenters. The summed E-state index contributed by atoms with van der Waals surface area (Å²) < 4.78 is 25.8. The van der Waals surface area contributed by atoms with E-state index in [0.29, 0.717) is 6.42 Å². The number of carbonyl (C=O) groups is 1. The van der Waals surface area contributed by atoms with Crippen molar-refractivity contribution in [3.63, 3.8) is 0 Å². The Balaban J connectivity index is 2.42. The molecule has 98 valence electrons. The van der Waals surface area contributed by atoms with E-state index in [1.807, 2.05) is 0 Å². The van der Waals surface area contributed by atoms with Crippen molar-refractivity contribution in [1.82, 2.24) is 4.31 Å². The van der Waals surface area contributed by atoms with Crippen molar-refractivity contribution in [2.24, 2.45) is 0 Å². The quantitative estimate of drug-likeness (QED) is 0.821. The second-order valence-electron chi connectivity index (χ2n) is 4.32. The molecule has 1 fully saturated rings. The molecular formula is C12H16N2O3S. The van der Waals surface area contributed by atoms with Gasteiger partial charge < -0.3 is 5.73 Å². The first-order valence-electron chi connectivity index (χ1n) is 5.93. The van der Waals surface area contributed by atoms with Gasteiger partial charge in [0, 0.05) is 13.0 Å². The maximum Gasteiger partial charge on any atom is 0.268 e. The number of nitrogens with zero attached hydrogens (tertiary/aromatic N) is 1. The molecule has 0 aliphatic carbocycles. The molecule has 5 nitrogen and oxygen atoms in total. The second kappa shape index (κ2) is 4.97. The lowest BCUT2D eigenvalue weighted by Crippen LogP contribution is -2.36. The van der Waals surface area contributed by atoms with Crippen LogP contribution in [0.1, 0.15) is 25.7 Å². The standard InChI is InChI=1S/C12H16N2O3S/c13-10-6-3-4-7-11(10)18(16,17)14-9-5-1-2-8-12(14)15/h3-4,6-7H,1-2,5,8-9,13H2. The van der Waals surface area contributed by atoms with E-state index in [1.54, 1.807) is 12.1 Å². The minimum absolute atomic E-state index is 0.0141. The van der Waals surface area contributed by atoms with Gasteiger partial charge in [-0.1, -0.05) is 18.6 Å². The number of nitrogen functional groups attached to an aromatic ring is 1. The second-order valence-corrected chi connectivity index (χ2v) is 6.15. The van der Waals surface area contributed by atoms with Gasteiger partial charge in [0.15, 0.2) is 0 Å². The van der Waals surface area contributed by atoms with E-state index in [4.69, 9.17) is 5.73 Å².